The zero-order valence-electron chi connectivity index (χ0n) is 11.9. The van der Waals surface area contributed by atoms with Crippen LogP contribution in [0.2, 0.25) is 0 Å². The molecule has 1 unspecified atom stereocenters. The number of nitrogens with zero attached hydrogens (tertiary/aromatic N) is 1. The van der Waals surface area contributed by atoms with E-state index in [1.807, 2.05) is 25.3 Å². The Hall–Kier alpha value is -1.76. The van der Waals surface area contributed by atoms with E-state index >= 15 is 0 Å². The van der Waals surface area contributed by atoms with Gasteiger partial charge in [-0.3, -0.25) is 4.98 Å². The Morgan fingerprint density at radius 1 is 1.24 bits per heavy atom. The van der Waals surface area contributed by atoms with E-state index in [0.717, 1.165) is 18.5 Å². The van der Waals surface area contributed by atoms with Crippen molar-refractivity contribution >= 4 is 10.0 Å². The molecule has 0 saturated carbocycles. The fourth-order valence-electron chi connectivity index (χ4n) is 2.04. The van der Waals surface area contributed by atoms with E-state index < -0.39 is 10.0 Å². The van der Waals surface area contributed by atoms with Gasteiger partial charge in [0, 0.05) is 18.4 Å². The number of hydrogen-bond donors (Lipinski definition) is 2. The van der Waals surface area contributed by atoms with Crippen molar-refractivity contribution in [1.82, 2.24) is 10.3 Å². The zero-order chi connectivity index (χ0) is 15.3. The Labute approximate surface area is 125 Å². The van der Waals surface area contributed by atoms with E-state index in [0.29, 0.717) is 0 Å². The summed E-state index contributed by atoms with van der Waals surface area (Å²) in [6.07, 6.45) is 4.51. The first-order chi connectivity index (χ1) is 9.97. The van der Waals surface area contributed by atoms with Crippen molar-refractivity contribution in [3.63, 3.8) is 0 Å². The highest BCUT2D eigenvalue weighted by Crippen LogP contribution is 2.15. The lowest BCUT2D eigenvalue weighted by atomic mass is 10.1. The number of rotatable bonds is 6. The van der Waals surface area contributed by atoms with Gasteiger partial charge in [0.1, 0.15) is 0 Å². The van der Waals surface area contributed by atoms with Crippen LogP contribution in [0.3, 0.4) is 0 Å². The van der Waals surface area contributed by atoms with Gasteiger partial charge in [-0.1, -0.05) is 18.2 Å². The molecule has 2 aromatic rings. The minimum atomic E-state index is -3.63. The van der Waals surface area contributed by atoms with Crippen LogP contribution in [0.4, 0.5) is 0 Å². The summed E-state index contributed by atoms with van der Waals surface area (Å²) >= 11 is 0. The van der Waals surface area contributed by atoms with Crippen LogP contribution in [-0.2, 0) is 16.4 Å². The summed E-state index contributed by atoms with van der Waals surface area (Å²) < 4.78 is 22.4. The molecule has 0 amide bonds. The molecule has 0 saturated heterocycles. The van der Waals surface area contributed by atoms with Crippen molar-refractivity contribution in [2.24, 2.45) is 5.14 Å². The van der Waals surface area contributed by atoms with Crippen molar-refractivity contribution in [3.8, 4) is 0 Å². The molecule has 1 heterocycles. The maximum atomic E-state index is 11.2. The van der Waals surface area contributed by atoms with Gasteiger partial charge in [-0.2, -0.15) is 0 Å². The summed E-state index contributed by atoms with van der Waals surface area (Å²) in [4.78, 5) is 4.21. The average molecular weight is 305 g/mol. The van der Waals surface area contributed by atoms with Crippen molar-refractivity contribution in [2.45, 2.75) is 24.3 Å². The second kappa shape index (κ2) is 6.80. The molecule has 0 spiro atoms. The Balaban J connectivity index is 1.90. The smallest absolute Gasteiger partial charge is 0.238 e. The molecule has 0 fully saturated rings. The van der Waals surface area contributed by atoms with Gasteiger partial charge < -0.3 is 5.32 Å². The predicted molar refractivity (Wildman–Crippen MR) is 82.2 cm³/mol. The van der Waals surface area contributed by atoms with E-state index in [9.17, 15) is 8.42 Å². The lowest BCUT2D eigenvalue weighted by molar-refractivity contribution is 0.575. The molecule has 21 heavy (non-hydrogen) atoms. The van der Waals surface area contributed by atoms with Crippen LogP contribution in [0.5, 0.6) is 0 Å². The first-order valence-corrected chi connectivity index (χ1v) is 8.26. The highest BCUT2D eigenvalue weighted by atomic mass is 32.2. The van der Waals surface area contributed by atoms with E-state index in [-0.39, 0.29) is 10.9 Å². The molecular formula is C15H19N3O2S. The molecule has 3 N–H and O–H groups in total. The first kappa shape index (κ1) is 15.6. The third kappa shape index (κ3) is 4.63. The largest absolute Gasteiger partial charge is 0.310 e. The quantitative estimate of drug-likeness (QED) is 0.849. The monoisotopic (exact) mass is 305 g/mol. The highest BCUT2D eigenvalue weighted by Gasteiger charge is 2.09. The third-order valence-corrected chi connectivity index (χ3v) is 4.22. The number of pyridine rings is 1. The first-order valence-electron chi connectivity index (χ1n) is 6.72. The topological polar surface area (TPSA) is 85.1 Å². The van der Waals surface area contributed by atoms with Gasteiger partial charge in [0.15, 0.2) is 0 Å². The predicted octanol–water partition coefficient (Wildman–Crippen LogP) is 1.62. The summed E-state index contributed by atoms with van der Waals surface area (Å²) in [6.45, 7) is 2.86. The van der Waals surface area contributed by atoms with Gasteiger partial charge in [0.2, 0.25) is 10.0 Å². The van der Waals surface area contributed by atoms with E-state index in [1.165, 1.54) is 17.7 Å². The van der Waals surface area contributed by atoms with E-state index in [1.54, 1.807) is 18.3 Å². The number of primary sulfonamides is 1. The van der Waals surface area contributed by atoms with Crippen molar-refractivity contribution in [3.05, 3.63) is 59.9 Å². The van der Waals surface area contributed by atoms with Crippen molar-refractivity contribution in [1.29, 1.82) is 0 Å². The standard InChI is InChI=1S/C15H19N3O2S/c1-12(18-10-8-13-3-2-9-17-11-13)14-4-6-15(7-5-14)21(16,19)20/h2-7,9,11-12,18H,8,10H2,1H3,(H2,16,19,20). The Morgan fingerprint density at radius 3 is 2.52 bits per heavy atom. The second-order valence-electron chi connectivity index (χ2n) is 4.90. The van der Waals surface area contributed by atoms with Crippen LogP contribution in [0, 0.1) is 0 Å². The summed E-state index contributed by atoms with van der Waals surface area (Å²) in [5, 5.41) is 8.48. The van der Waals surface area contributed by atoms with Gasteiger partial charge in [-0.25, -0.2) is 13.6 Å². The molecule has 112 valence electrons. The van der Waals surface area contributed by atoms with Gasteiger partial charge in [0.05, 0.1) is 4.90 Å². The Morgan fingerprint density at radius 2 is 1.95 bits per heavy atom. The lowest BCUT2D eigenvalue weighted by Gasteiger charge is -2.14. The summed E-state index contributed by atoms with van der Waals surface area (Å²) in [7, 11) is -3.63. The minimum Gasteiger partial charge on any atom is -0.310 e. The van der Waals surface area contributed by atoms with Gasteiger partial charge in [0.25, 0.3) is 0 Å². The normalized spacial score (nSPS) is 13.0. The molecule has 6 heteroatoms. The van der Waals surface area contributed by atoms with Crippen LogP contribution in [0.25, 0.3) is 0 Å². The maximum absolute atomic E-state index is 11.2. The Bertz CT molecular complexity index is 670. The molecule has 0 aliphatic heterocycles. The minimum absolute atomic E-state index is 0.133. The SMILES string of the molecule is CC(NCCc1cccnc1)c1ccc(S(N)(=O)=O)cc1. The molecule has 0 bridgehead atoms. The van der Waals surface area contributed by atoms with Gasteiger partial charge >= 0.3 is 0 Å². The number of aromatic nitrogens is 1. The third-order valence-electron chi connectivity index (χ3n) is 3.30. The molecule has 0 radical (unpaired) electrons. The second-order valence-corrected chi connectivity index (χ2v) is 6.46. The number of benzene rings is 1. The number of sulfonamides is 1. The van der Waals surface area contributed by atoms with Crippen LogP contribution in [0.1, 0.15) is 24.1 Å². The molecule has 0 aliphatic rings. The van der Waals surface area contributed by atoms with Gasteiger partial charge in [-0.15, -0.1) is 0 Å². The summed E-state index contributed by atoms with van der Waals surface area (Å²) in [5.41, 5.74) is 2.20. The summed E-state index contributed by atoms with van der Waals surface area (Å²) in [5.74, 6) is 0. The number of nitrogens with one attached hydrogen (secondary N) is 1. The summed E-state index contributed by atoms with van der Waals surface area (Å²) in [6, 6.07) is 10.7. The van der Waals surface area contributed by atoms with Crippen molar-refractivity contribution in [2.75, 3.05) is 6.54 Å². The molecule has 1 aromatic heterocycles. The molecule has 5 nitrogen and oxygen atoms in total. The molecule has 0 aliphatic carbocycles. The number of nitrogens with two attached hydrogens (primary N) is 1. The molecule has 1 atom stereocenters. The lowest BCUT2D eigenvalue weighted by Crippen LogP contribution is -2.21. The van der Waals surface area contributed by atoms with Crippen LogP contribution in [-0.4, -0.2) is 19.9 Å². The van der Waals surface area contributed by atoms with E-state index in [4.69, 9.17) is 5.14 Å². The van der Waals surface area contributed by atoms with Crippen molar-refractivity contribution < 1.29 is 8.42 Å². The van der Waals surface area contributed by atoms with Gasteiger partial charge in [-0.05, 0) is 49.2 Å². The number of hydrogen-bond acceptors (Lipinski definition) is 4. The highest BCUT2D eigenvalue weighted by molar-refractivity contribution is 7.89. The van der Waals surface area contributed by atoms with E-state index in [2.05, 4.69) is 10.3 Å². The average Bonchev–Trinajstić information content (AvgIpc) is 2.47. The van der Waals surface area contributed by atoms with Crippen LogP contribution in [0.15, 0.2) is 53.7 Å². The fraction of sp³-hybridized carbons (Fsp3) is 0.267. The fourth-order valence-corrected chi connectivity index (χ4v) is 2.56. The Kier molecular flexibility index (Phi) is 5.06. The molecule has 2 rings (SSSR count). The maximum Gasteiger partial charge on any atom is 0.238 e. The molecular weight excluding hydrogens is 286 g/mol. The van der Waals surface area contributed by atoms with Crippen LogP contribution >= 0.6 is 0 Å². The van der Waals surface area contributed by atoms with Crippen LogP contribution < -0.4 is 10.5 Å². The molecule has 1 aromatic carbocycles. The zero-order valence-corrected chi connectivity index (χ0v) is 12.7.